The molecule has 166 valence electrons. The van der Waals surface area contributed by atoms with E-state index in [1.54, 1.807) is 11.3 Å². The maximum absolute atomic E-state index is 13.3. The highest BCUT2D eigenvalue weighted by Crippen LogP contribution is 2.44. The molecule has 2 aliphatic rings. The Kier molecular flexibility index (Phi) is 6.49. The van der Waals surface area contributed by atoms with E-state index in [0.29, 0.717) is 23.0 Å². The van der Waals surface area contributed by atoms with Crippen LogP contribution in [-0.2, 0) is 17.6 Å². The van der Waals surface area contributed by atoms with Gasteiger partial charge in [0.1, 0.15) is 5.00 Å². The molecule has 1 aromatic carbocycles. The Balaban J connectivity index is 1.60. The normalized spacial score (nSPS) is 19.1. The minimum absolute atomic E-state index is 0.0263. The molecule has 2 amide bonds. The second kappa shape index (κ2) is 9.13. The summed E-state index contributed by atoms with van der Waals surface area (Å²) in [5.74, 6) is 0.424. The van der Waals surface area contributed by atoms with Gasteiger partial charge in [-0.15, -0.1) is 11.3 Å². The topological polar surface area (TPSA) is 61.4 Å². The maximum atomic E-state index is 13.3. The average Bonchev–Trinajstić information content (AvgIpc) is 3.34. The Morgan fingerprint density at radius 3 is 2.48 bits per heavy atom. The van der Waals surface area contributed by atoms with Gasteiger partial charge in [0.2, 0.25) is 5.91 Å². The van der Waals surface area contributed by atoms with Crippen molar-refractivity contribution in [2.75, 3.05) is 30.3 Å². The first-order chi connectivity index (χ1) is 14.8. The van der Waals surface area contributed by atoms with Gasteiger partial charge in [0.15, 0.2) is 0 Å². The fraction of sp³-hybridized carbons (Fsp3) is 0.520. The van der Waals surface area contributed by atoms with E-state index in [4.69, 9.17) is 0 Å². The highest BCUT2D eigenvalue weighted by Gasteiger charge is 2.34. The third-order valence-electron chi connectivity index (χ3n) is 6.57. The van der Waals surface area contributed by atoms with E-state index in [-0.39, 0.29) is 17.2 Å². The number of thiophene rings is 1. The lowest BCUT2D eigenvalue weighted by molar-refractivity contribution is -0.117. The second-order valence-corrected chi connectivity index (χ2v) is 11.0. The zero-order chi connectivity index (χ0) is 22.0. The number of nitrogens with zero attached hydrogens (tertiary/aromatic N) is 1. The van der Waals surface area contributed by atoms with Gasteiger partial charge in [0, 0.05) is 10.6 Å². The number of likely N-dealkylation sites (tertiary alicyclic amines) is 1. The predicted octanol–water partition coefficient (Wildman–Crippen LogP) is 5.19. The van der Waals surface area contributed by atoms with Crippen LogP contribution in [0, 0.1) is 11.3 Å². The number of carbonyl (C=O) groups excluding carboxylic acids is 2. The van der Waals surface area contributed by atoms with Crippen molar-refractivity contribution in [1.29, 1.82) is 0 Å². The average molecular weight is 440 g/mol. The number of carbonyl (C=O) groups is 2. The van der Waals surface area contributed by atoms with Crippen LogP contribution in [0.15, 0.2) is 30.3 Å². The molecule has 1 aliphatic carbocycles. The first-order valence-electron chi connectivity index (χ1n) is 11.3. The molecule has 0 saturated carbocycles. The van der Waals surface area contributed by atoms with E-state index in [2.05, 4.69) is 36.3 Å². The Bertz CT molecular complexity index is 940. The number of para-hydroxylation sites is 1. The van der Waals surface area contributed by atoms with Crippen molar-refractivity contribution in [2.24, 2.45) is 11.3 Å². The van der Waals surface area contributed by atoms with Crippen LogP contribution in [0.4, 0.5) is 10.7 Å². The van der Waals surface area contributed by atoms with Gasteiger partial charge in [-0.25, -0.2) is 0 Å². The van der Waals surface area contributed by atoms with Gasteiger partial charge in [-0.1, -0.05) is 39.0 Å². The van der Waals surface area contributed by atoms with Gasteiger partial charge in [-0.05, 0) is 74.2 Å². The minimum atomic E-state index is -0.130. The summed E-state index contributed by atoms with van der Waals surface area (Å²) >= 11 is 1.60. The molecular weight excluding hydrogens is 406 g/mol. The summed E-state index contributed by atoms with van der Waals surface area (Å²) in [6.45, 7) is 9.22. The zero-order valence-electron chi connectivity index (χ0n) is 18.8. The molecular formula is C25H33N3O2S. The SMILES string of the molecule is CC(C)(C)[C@H]1CCc2c(sc(NC(=O)CN3CCCC3)c2C(=O)Nc2ccccc2)C1. The molecule has 1 atom stereocenters. The largest absolute Gasteiger partial charge is 0.322 e. The standard InChI is InChI=1S/C25H33N3O2S/c1-25(2,3)17-11-12-19-20(15-17)31-24(27-21(29)16-28-13-7-8-14-28)22(19)23(30)26-18-9-5-4-6-10-18/h4-6,9-10,17H,7-8,11-16H2,1-3H3,(H,26,30)(H,27,29)/t17-/m0/s1. The molecule has 1 saturated heterocycles. The van der Waals surface area contributed by atoms with E-state index >= 15 is 0 Å². The van der Waals surface area contributed by atoms with Gasteiger partial charge in [0.25, 0.3) is 5.91 Å². The highest BCUT2D eigenvalue weighted by atomic mass is 32.1. The third-order valence-corrected chi connectivity index (χ3v) is 7.74. The lowest BCUT2D eigenvalue weighted by Crippen LogP contribution is -2.31. The second-order valence-electron chi connectivity index (χ2n) is 9.87. The number of rotatable bonds is 5. The van der Waals surface area contributed by atoms with Crippen molar-refractivity contribution in [3.8, 4) is 0 Å². The molecule has 1 aliphatic heterocycles. The lowest BCUT2D eigenvalue weighted by atomic mass is 9.72. The van der Waals surface area contributed by atoms with Crippen molar-refractivity contribution < 1.29 is 9.59 Å². The van der Waals surface area contributed by atoms with Gasteiger partial charge in [-0.3, -0.25) is 14.5 Å². The first-order valence-corrected chi connectivity index (χ1v) is 12.2. The molecule has 2 aromatic rings. The molecule has 0 radical (unpaired) electrons. The van der Waals surface area contributed by atoms with E-state index in [9.17, 15) is 9.59 Å². The van der Waals surface area contributed by atoms with E-state index in [1.165, 1.54) is 4.88 Å². The smallest absolute Gasteiger partial charge is 0.258 e. The van der Waals surface area contributed by atoms with Crippen LogP contribution in [0.5, 0.6) is 0 Å². The third kappa shape index (κ3) is 5.18. The number of fused-ring (bicyclic) bond motifs is 1. The van der Waals surface area contributed by atoms with Crippen LogP contribution in [0.25, 0.3) is 0 Å². The Morgan fingerprint density at radius 1 is 1.10 bits per heavy atom. The van der Waals surface area contributed by atoms with Gasteiger partial charge < -0.3 is 10.6 Å². The summed E-state index contributed by atoms with van der Waals surface area (Å²) < 4.78 is 0. The number of anilines is 2. The Labute approximate surface area is 189 Å². The molecule has 31 heavy (non-hydrogen) atoms. The molecule has 1 aromatic heterocycles. The van der Waals surface area contributed by atoms with Crippen molar-refractivity contribution in [3.63, 3.8) is 0 Å². The summed E-state index contributed by atoms with van der Waals surface area (Å²) in [6.07, 6.45) is 5.23. The lowest BCUT2D eigenvalue weighted by Gasteiger charge is -2.33. The summed E-state index contributed by atoms with van der Waals surface area (Å²) in [6, 6.07) is 9.52. The number of hydrogen-bond acceptors (Lipinski definition) is 4. The molecule has 1 fully saturated rings. The zero-order valence-corrected chi connectivity index (χ0v) is 19.6. The highest BCUT2D eigenvalue weighted by molar-refractivity contribution is 7.17. The molecule has 5 nitrogen and oxygen atoms in total. The summed E-state index contributed by atoms with van der Waals surface area (Å²) in [7, 11) is 0. The van der Waals surface area contributed by atoms with Gasteiger partial charge >= 0.3 is 0 Å². The first kappa shape index (κ1) is 22.0. The fourth-order valence-corrected chi connectivity index (χ4v) is 6.02. The molecule has 2 heterocycles. The van der Waals surface area contributed by atoms with Crippen LogP contribution >= 0.6 is 11.3 Å². The molecule has 0 spiro atoms. The summed E-state index contributed by atoms with van der Waals surface area (Å²) in [5.41, 5.74) is 2.78. The van der Waals surface area contributed by atoms with Crippen LogP contribution < -0.4 is 10.6 Å². The van der Waals surface area contributed by atoms with Crippen molar-refractivity contribution in [3.05, 3.63) is 46.3 Å². The summed E-state index contributed by atoms with van der Waals surface area (Å²) in [4.78, 5) is 29.5. The maximum Gasteiger partial charge on any atom is 0.258 e. The molecule has 2 N–H and O–H groups in total. The minimum Gasteiger partial charge on any atom is -0.322 e. The molecule has 0 unspecified atom stereocenters. The van der Waals surface area contributed by atoms with Crippen LogP contribution in [-0.4, -0.2) is 36.3 Å². The van der Waals surface area contributed by atoms with Crippen molar-refractivity contribution in [1.82, 2.24) is 4.90 Å². The summed E-state index contributed by atoms with van der Waals surface area (Å²) in [5, 5.41) is 6.83. The van der Waals surface area contributed by atoms with E-state index in [1.807, 2.05) is 30.3 Å². The fourth-order valence-electron chi connectivity index (χ4n) is 4.68. The molecule has 6 heteroatoms. The van der Waals surface area contributed by atoms with Crippen molar-refractivity contribution >= 4 is 33.8 Å². The number of nitrogens with one attached hydrogen (secondary N) is 2. The number of amides is 2. The van der Waals surface area contributed by atoms with Gasteiger partial charge in [0.05, 0.1) is 12.1 Å². The Hall–Kier alpha value is -2.18. The van der Waals surface area contributed by atoms with Crippen molar-refractivity contribution in [2.45, 2.75) is 52.9 Å². The van der Waals surface area contributed by atoms with Crippen LogP contribution in [0.2, 0.25) is 0 Å². The van der Waals surface area contributed by atoms with Crippen LogP contribution in [0.1, 0.15) is 60.8 Å². The quantitative estimate of drug-likeness (QED) is 0.674. The van der Waals surface area contributed by atoms with E-state index < -0.39 is 0 Å². The molecule has 0 bridgehead atoms. The van der Waals surface area contributed by atoms with E-state index in [0.717, 1.165) is 56.4 Å². The van der Waals surface area contributed by atoms with Gasteiger partial charge in [-0.2, -0.15) is 0 Å². The number of benzene rings is 1. The monoisotopic (exact) mass is 439 g/mol. The number of hydrogen-bond donors (Lipinski definition) is 2. The Morgan fingerprint density at radius 2 is 1.81 bits per heavy atom. The predicted molar refractivity (Wildman–Crippen MR) is 128 cm³/mol. The molecule has 4 rings (SSSR count). The van der Waals surface area contributed by atoms with Crippen LogP contribution in [0.3, 0.4) is 0 Å².